The van der Waals surface area contributed by atoms with Crippen molar-refractivity contribution < 1.29 is 5.11 Å². The summed E-state index contributed by atoms with van der Waals surface area (Å²) in [6, 6.07) is 5.75. The van der Waals surface area contributed by atoms with Gasteiger partial charge in [0.25, 0.3) is 0 Å². The second-order valence-electron chi connectivity index (χ2n) is 10.3. The third kappa shape index (κ3) is 4.61. The van der Waals surface area contributed by atoms with Crippen molar-refractivity contribution in [2.75, 3.05) is 0 Å². The number of aryl methyl sites for hydroxylation is 1. The Kier molecular flexibility index (Phi) is 5.74. The molecule has 174 valence electrons. The number of nitrogens with one attached hydrogen (secondary N) is 2. The minimum atomic E-state index is 0.00944. The fourth-order valence-corrected chi connectivity index (χ4v) is 5.17. The third-order valence-electron chi connectivity index (χ3n) is 6.34. The highest BCUT2D eigenvalue weighted by Gasteiger charge is 2.39. The molecule has 33 heavy (non-hydrogen) atoms. The largest absolute Gasteiger partial charge is 0.507 e. The van der Waals surface area contributed by atoms with Gasteiger partial charge >= 0.3 is 0 Å². The summed E-state index contributed by atoms with van der Waals surface area (Å²) in [7, 11) is 0. The molecule has 0 atom stereocenters. The van der Waals surface area contributed by atoms with E-state index in [1.807, 2.05) is 36.7 Å². The van der Waals surface area contributed by atoms with Gasteiger partial charge < -0.3 is 10.4 Å². The van der Waals surface area contributed by atoms with Gasteiger partial charge in [-0.1, -0.05) is 11.3 Å². The Labute approximate surface area is 194 Å². The zero-order valence-electron chi connectivity index (χ0n) is 20.3. The summed E-state index contributed by atoms with van der Waals surface area (Å²) in [6.45, 7) is 16.6. The molecular formula is C25H33N7O. The molecule has 1 aliphatic heterocycles. The highest BCUT2D eigenvalue weighted by Crippen LogP contribution is 2.37. The highest BCUT2D eigenvalue weighted by atomic mass is 16.3. The molecular weight excluding hydrogens is 414 g/mol. The van der Waals surface area contributed by atoms with Gasteiger partial charge in [-0.05, 0) is 84.9 Å². The maximum atomic E-state index is 10.7. The standard InChI is InChI=1S/C25H33N7O/c1-15-20(14-27-28-15)17-8-9-19(23(33)10-17)22(26-7)11-21-16(2)32(31-29-21)18-12-24(3,4)30-25(5,6)13-18/h8-11,14,18,30,33H,7,12-13H2,1-6H3,(H,27,28)/b22-11-. The van der Waals surface area contributed by atoms with Crippen LogP contribution in [0.2, 0.25) is 0 Å². The summed E-state index contributed by atoms with van der Waals surface area (Å²) < 4.78 is 2.03. The van der Waals surface area contributed by atoms with E-state index in [0.717, 1.165) is 41.1 Å². The summed E-state index contributed by atoms with van der Waals surface area (Å²) in [5.41, 5.74) is 5.61. The molecule has 4 rings (SSSR count). The molecule has 0 unspecified atom stereocenters. The second kappa shape index (κ2) is 8.26. The van der Waals surface area contributed by atoms with E-state index in [1.54, 1.807) is 12.3 Å². The van der Waals surface area contributed by atoms with Crippen LogP contribution in [0.15, 0.2) is 29.4 Å². The third-order valence-corrected chi connectivity index (χ3v) is 6.34. The topological polar surface area (TPSA) is 104 Å². The number of phenols is 1. The summed E-state index contributed by atoms with van der Waals surface area (Å²) in [4.78, 5) is 4.18. The minimum absolute atomic E-state index is 0.00944. The molecule has 8 nitrogen and oxygen atoms in total. The number of piperidine rings is 1. The molecule has 0 bridgehead atoms. The lowest BCUT2D eigenvalue weighted by Gasteiger charge is -2.46. The van der Waals surface area contributed by atoms with Crippen molar-refractivity contribution in [1.82, 2.24) is 30.5 Å². The molecule has 1 saturated heterocycles. The maximum Gasteiger partial charge on any atom is 0.125 e. The van der Waals surface area contributed by atoms with Gasteiger partial charge in [0.05, 0.1) is 23.6 Å². The van der Waals surface area contributed by atoms with Crippen LogP contribution in [0.4, 0.5) is 0 Å². The van der Waals surface area contributed by atoms with E-state index in [9.17, 15) is 5.11 Å². The molecule has 1 aromatic carbocycles. The number of nitrogens with zero attached hydrogens (tertiary/aromatic N) is 5. The number of aromatic hydroxyl groups is 1. The van der Waals surface area contributed by atoms with Crippen LogP contribution in [0.3, 0.4) is 0 Å². The lowest BCUT2D eigenvalue weighted by atomic mass is 9.79. The van der Waals surface area contributed by atoms with E-state index in [0.29, 0.717) is 11.3 Å². The summed E-state index contributed by atoms with van der Waals surface area (Å²) in [5, 5.41) is 30.4. The van der Waals surface area contributed by atoms with E-state index < -0.39 is 0 Å². The molecule has 3 aromatic rings. The quantitative estimate of drug-likeness (QED) is 0.493. The zero-order chi connectivity index (χ0) is 24.0. The van der Waals surface area contributed by atoms with Crippen molar-refractivity contribution in [3.8, 4) is 16.9 Å². The van der Waals surface area contributed by atoms with Crippen LogP contribution in [0.5, 0.6) is 5.75 Å². The molecule has 3 heterocycles. The van der Waals surface area contributed by atoms with Crippen LogP contribution >= 0.6 is 0 Å². The SMILES string of the molecule is C=N/C(=C\c1nnn(C2CC(C)(C)NC(C)(C)C2)c1C)c1ccc(-c2cn[nH]c2C)cc1O. The summed E-state index contributed by atoms with van der Waals surface area (Å²) in [6.07, 6.45) is 5.51. The van der Waals surface area contributed by atoms with Gasteiger partial charge in [-0.25, -0.2) is 4.68 Å². The first-order valence-corrected chi connectivity index (χ1v) is 11.2. The van der Waals surface area contributed by atoms with E-state index in [-0.39, 0.29) is 22.9 Å². The first kappa shape index (κ1) is 22.9. The number of H-pyrrole nitrogens is 1. The average Bonchev–Trinajstić information content (AvgIpc) is 3.29. The van der Waals surface area contributed by atoms with E-state index in [2.05, 4.69) is 65.2 Å². The molecule has 0 radical (unpaired) electrons. The first-order chi connectivity index (χ1) is 15.5. The van der Waals surface area contributed by atoms with Crippen LogP contribution in [0, 0.1) is 13.8 Å². The number of rotatable bonds is 5. The average molecular weight is 448 g/mol. The van der Waals surface area contributed by atoms with Crippen LogP contribution in [0.25, 0.3) is 22.9 Å². The lowest BCUT2D eigenvalue weighted by molar-refractivity contribution is 0.124. The predicted octanol–water partition coefficient (Wildman–Crippen LogP) is 4.67. The van der Waals surface area contributed by atoms with Crippen molar-refractivity contribution in [1.29, 1.82) is 0 Å². The molecule has 0 aliphatic carbocycles. The fraction of sp³-hybridized carbons (Fsp3) is 0.440. The number of phenolic OH excluding ortho intramolecular Hbond substituents is 1. The minimum Gasteiger partial charge on any atom is -0.507 e. The highest BCUT2D eigenvalue weighted by molar-refractivity contribution is 5.85. The molecule has 1 aliphatic rings. The number of benzene rings is 1. The van der Waals surface area contributed by atoms with Crippen molar-refractivity contribution >= 4 is 18.5 Å². The maximum absolute atomic E-state index is 10.7. The van der Waals surface area contributed by atoms with E-state index in [4.69, 9.17) is 0 Å². The van der Waals surface area contributed by atoms with Crippen LogP contribution in [-0.2, 0) is 0 Å². The van der Waals surface area contributed by atoms with Gasteiger partial charge in [-0.2, -0.15) is 5.10 Å². The van der Waals surface area contributed by atoms with E-state index in [1.165, 1.54) is 0 Å². The molecule has 0 saturated carbocycles. The van der Waals surface area contributed by atoms with Crippen LogP contribution in [-0.4, -0.2) is 48.1 Å². The Bertz CT molecular complexity index is 1200. The van der Waals surface area contributed by atoms with E-state index >= 15 is 0 Å². The second-order valence-corrected chi connectivity index (χ2v) is 10.3. The number of aliphatic imine (C=N–C) groups is 1. The van der Waals surface area contributed by atoms with Gasteiger partial charge in [0.2, 0.25) is 0 Å². The Morgan fingerprint density at radius 1 is 1.21 bits per heavy atom. The summed E-state index contributed by atoms with van der Waals surface area (Å²) in [5.74, 6) is 0.124. The Balaban J connectivity index is 1.66. The number of aromatic amines is 1. The molecule has 1 fully saturated rings. The molecule has 3 N–H and O–H groups in total. The molecule has 8 heteroatoms. The number of hydrogen-bond acceptors (Lipinski definition) is 6. The predicted molar refractivity (Wildman–Crippen MR) is 132 cm³/mol. The number of hydrogen-bond donors (Lipinski definition) is 3. The molecule has 2 aromatic heterocycles. The first-order valence-electron chi connectivity index (χ1n) is 11.2. The van der Waals surface area contributed by atoms with Crippen molar-refractivity contribution in [2.24, 2.45) is 4.99 Å². The van der Waals surface area contributed by atoms with Gasteiger partial charge in [-0.3, -0.25) is 10.1 Å². The zero-order valence-corrected chi connectivity index (χ0v) is 20.3. The normalized spacial score (nSPS) is 18.4. The van der Waals surface area contributed by atoms with Crippen molar-refractivity contribution in [3.63, 3.8) is 0 Å². The van der Waals surface area contributed by atoms with Crippen LogP contribution < -0.4 is 5.32 Å². The Hall–Kier alpha value is -3.26. The molecule has 0 amide bonds. The molecule has 0 spiro atoms. The lowest BCUT2D eigenvalue weighted by Crippen LogP contribution is -2.58. The Morgan fingerprint density at radius 3 is 2.48 bits per heavy atom. The van der Waals surface area contributed by atoms with Crippen molar-refractivity contribution in [3.05, 3.63) is 47.0 Å². The van der Waals surface area contributed by atoms with Gasteiger partial charge in [0, 0.05) is 27.9 Å². The monoisotopic (exact) mass is 447 g/mol. The Morgan fingerprint density at radius 2 is 1.91 bits per heavy atom. The van der Waals surface area contributed by atoms with Gasteiger partial charge in [0.15, 0.2) is 0 Å². The summed E-state index contributed by atoms with van der Waals surface area (Å²) >= 11 is 0. The smallest absolute Gasteiger partial charge is 0.125 e. The number of aromatic nitrogens is 5. The van der Waals surface area contributed by atoms with Crippen molar-refractivity contribution in [2.45, 2.75) is 71.5 Å². The van der Waals surface area contributed by atoms with Gasteiger partial charge in [0.1, 0.15) is 11.4 Å². The fourth-order valence-electron chi connectivity index (χ4n) is 5.17. The van der Waals surface area contributed by atoms with Crippen LogP contribution in [0.1, 0.15) is 69.2 Å². The van der Waals surface area contributed by atoms with Gasteiger partial charge in [-0.15, -0.1) is 5.10 Å².